The molecule has 9 heterocycles. The zero-order valence-corrected chi connectivity index (χ0v) is 75.0. The smallest absolute Gasteiger partial charge is 1.00 e. The van der Waals surface area contributed by atoms with Crippen molar-refractivity contribution in [1.29, 1.82) is 0 Å². The van der Waals surface area contributed by atoms with Gasteiger partial charge in [0.1, 0.15) is 11.2 Å². The average molecular weight is 1840 g/mol. The van der Waals surface area contributed by atoms with Crippen LogP contribution in [-0.4, -0.2) is 93.5 Å². The Morgan fingerprint density at radius 3 is 1.27 bits per heavy atom. The average Bonchev–Trinajstić information content (AvgIpc) is 1.64. The van der Waals surface area contributed by atoms with Crippen molar-refractivity contribution in [1.82, 2.24) is 19.9 Å². The van der Waals surface area contributed by atoms with Gasteiger partial charge >= 0.3 is 30.2 Å². The number of halogens is 6. The number of hydrogen-bond donors (Lipinski definition) is 4. The number of carbonyl (C=O) groups excluding carboxylic acids is 4. The van der Waals surface area contributed by atoms with Crippen molar-refractivity contribution in [3.63, 3.8) is 0 Å². The summed E-state index contributed by atoms with van der Waals surface area (Å²) in [7, 11) is -1.38. The van der Waals surface area contributed by atoms with Gasteiger partial charge in [-0.3, -0.25) is 39.1 Å². The van der Waals surface area contributed by atoms with Crippen molar-refractivity contribution in [2.75, 3.05) is 0 Å². The number of Topliss-reactive ketones (excluding diaryl/α,β-unsaturated/α-hetero) is 4. The predicted molar refractivity (Wildman–Crippen MR) is 461 cm³/mol. The molecule has 2 unspecified atom stereocenters. The second kappa shape index (κ2) is 38.5. The third-order valence-electron chi connectivity index (χ3n) is 20.4. The maximum absolute atomic E-state index is 12.8. The van der Waals surface area contributed by atoms with Crippen LogP contribution in [0.5, 0.6) is 0 Å². The Kier molecular flexibility index (Phi) is 31.0. The van der Waals surface area contributed by atoms with E-state index in [9.17, 15) is 29.4 Å². The summed E-state index contributed by atoms with van der Waals surface area (Å²) in [5, 5.41) is 43.0. The first-order chi connectivity index (χ1) is 51.8. The van der Waals surface area contributed by atoms with E-state index in [4.69, 9.17) is 44.9 Å². The summed E-state index contributed by atoms with van der Waals surface area (Å²) in [6.07, 6.45) is 22.7. The van der Waals surface area contributed by atoms with Crippen LogP contribution in [0.4, 0.5) is 0 Å². The van der Waals surface area contributed by atoms with Gasteiger partial charge in [-0.2, -0.15) is 30.3 Å². The number of hydrogen-bond acceptors (Lipinski definition) is 17. The Labute approximate surface area is 728 Å². The molecule has 17 rings (SSSR count). The number of aliphatic hydroxyl groups is 2. The fraction of sp³-hybridized carbons (Fsp3) is 0.279. The number of pyridine rings is 4. The fourth-order valence-electron chi connectivity index (χ4n) is 13.8. The number of aryl methyl sites for hydroxylation is 4. The first-order valence-corrected chi connectivity index (χ1v) is 42.3. The third kappa shape index (κ3) is 20.8. The first kappa shape index (κ1) is 89.4. The van der Waals surface area contributed by atoms with Crippen LogP contribution in [0.25, 0.3) is 31.3 Å². The summed E-state index contributed by atoms with van der Waals surface area (Å²) in [5.74, 6) is 0.984. The van der Waals surface area contributed by atoms with Gasteiger partial charge in [-0.05, 0) is 220 Å². The van der Waals surface area contributed by atoms with Gasteiger partial charge < -0.3 is 37.2 Å². The molecule has 5 aliphatic rings. The van der Waals surface area contributed by atoms with E-state index in [1.165, 1.54) is 53.0 Å². The van der Waals surface area contributed by atoms with E-state index < -0.39 is 23.7 Å². The molecule has 0 saturated heterocycles. The molecule has 0 radical (unpaired) electrons. The Morgan fingerprint density at radius 1 is 0.432 bits per heavy atom. The standard InChI is InChI=1S/C21H18ClNO2S.C21H20ClNOS.C15H15NOS.C10H11BrOS.C8H7BrOS.C6H4Cl.C5H6BNO2.BrH.Mg/c1-20(2)12-17(24)19-16(11-18(26-19)13-7-9-23-10-8-13)21(20,25)14-3-5-15(22)6-4-14;1-20(2)10-7-18-17(13-19(25-18)14-8-11-23-12-9-14)21(20,24)15-3-5-16(22)6-4-15;1-15(2)6-3-12-11(14(15)17)9-13(18-12)10-4-7-16-8-5-10;1-10(2)4-3-7-6(9(10)12)5-8(11)13-7;9-8-4-5-6(10)2-1-3-7(5)11-8;7-6-4-2-1-3-5-6;8-6(9)5-1-3-7-4-2-5;;/h3-11,25H,12H2,1-2H3;3-6,8-9,11-13,24H,7,10H2,1-2H3;4-5,7-9H,3,6H2,1-2H3;5H,3-4H2,1-2H3;4H,1-3H2;2-5H;1-4,8-9H;1H;/q;;;;;-1;;;+2/p-1. The number of aromatic nitrogens is 4. The van der Waals surface area contributed by atoms with Gasteiger partial charge in [-0.25, -0.2) is 0 Å². The summed E-state index contributed by atoms with van der Waals surface area (Å²) in [6.45, 7) is 16.3. The largest absolute Gasteiger partial charge is 2.00 e. The van der Waals surface area contributed by atoms with Crippen LogP contribution in [0.1, 0.15) is 176 Å². The molecule has 2 atom stereocenters. The maximum Gasteiger partial charge on any atom is 2.00 e. The van der Waals surface area contributed by atoms with Crippen LogP contribution in [0.3, 0.4) is 0 Å². The van der Waals surface area contributed by atoms with Gasteiger partial charge in [-0.15, -0.1) is 68.3 Å². The van der Waals surface area contributed by atoms with E-state index in [-0.39, 0.29) is 68.5 Å². The summed E-state index contributed by atoms with van der Waals surface area (Å²) >= 11 is 32.8. The van der Waals surface area contributed by atoms with E-state index in [2.05, 4.69) is 83.8 Å². The van der Waals surface area contributed by atoms with Gasteiger partial charge in [0.25, 0.3) is 0 Å². The molecule has 12 aromatic rings. The molecular formula is C86H81BBr3Cl3MgN4O8S5. The number of fused-ring (bicyclic) bond motifs is 5. The van der Waals surface area contributed by atoms with Crippen molar-refractivity contribution in [2.24, 2.45) is 21.7 Å². The van der Waals surface area contributed by atoms with Crippen molar-refractivity contribution in [2.45, 2.75) is 131 Å². The number of nitrogens with zero attached hydrogens (tertiary/aromatic N) is 4. The molecule has 0 saturated carbocycles. The quantitative estimate of drug-likeness (QED) is 0.0908. The molecule has 570 valence electrons. The van der Waals surface area contributed by atoms with Crippen LogP contribution in [0, 0.1) is 27.7 Å². The minimum Gasteiger partial charge on any atom is -1.00 e. The summed E-state index contributed by atoms with van der Waals surface area (Å²) in [4.78, 5) is 73.2. The topological polar surface area (TPSA) is 201 Å². The van der Waals surface area contributed by atoms with Gasteiger partial charge in [0.05, 0.1) is 12.4 Å². The van der Waals surface area contributed by atoms with E-state index >= 15 is 0 Å². The van der Waals surface area contributed by atoms with Crippen LogP contribution >= 0.6 is 123 Å². The Bertz CT molecular complexity index is 5170. The number of carbonyl (C=O) groups is 4. The van der Waals surface area contributed by atoms with E-state index in [1.54, 1.807) is 119 Å². The van der Waals surface area contributed by atoms with Gasteiger partial charge in [0.2, 0.25) is 0 Å². The minimum absolute atomic E-state index is 0. The fourth-order valence-corrected chi connectivity index (χ4v) is 21.2. The molecule has 12 nitrogen and oxygen atoms in total. The Balaban J connectivity index is 0.000000155. The van der Waals surface area contributed by atoms with E-state index in [0.29, 0.717) is 43.3 Å². The van der Waals surface area contributed by atoms with Crippen molar-refractivity contribution < 1.29 is 56.4 Å². The van der Waals surface area contributed by atoms with E-state index in [1.807, 2.05) is 145 Å². The van der Waals surface area contributed by atoms with Gasteiger partial charge in [-0.1, -0.05) is 108 Å². The van der Waals surface area contributed by atoms with E-state index in [0.717, 1.165) is 125 Å². The molecule has 25 heteroatoms. The van der Waals surface area contributed by atoms with Crippen molar-refractivity contribution >= 4 is 182 Å². The minimum atomic E-state index is -1.38. The summed E-state index contributed by atoms with van der Waals surface area (Å²) in [5.41, 5.74) is 6.39. The molecule has 111 heavy (non-hydrogen) atoms. The molecular weight excluding hydrogens is 1760 g/mol. The molecule has 0 amide bonds. The monoisotopic (exact) mass is 1830 g/mol. The van der Waals surface area contributed by atoms with Crippen LogP contribution in [0.15, 0.2) is 209 Å². The molecule has 0 aliphatic heterocycles. The van der Waals surface area contributed by atoms with Gasteiger partial charge in [0.15, 0.2) is 23.1 Å². The Hall–Kier alpha value is -5.58. The van der Waals surface area contributed by atoms with Crippen molar-refractivity contribution in [3.05, 3.63) is 293 Å². The molecule has 9 aromatic heterocycles. The number of thiophene rings is 5. The first-order valence-electron chi connectivity index (χ1n) is 35.5. The van der Waals surface area contributed by atoms with Crippen molar-refractivity contribution in [3.8, 4) is 31.3 Å². The second-order valence-electron chi connectivity index (χ2n) is 29.6. The van der Waals surface area contributed by atoms with Crippen LogP contribution in [0.2, 0.25) is 15.1 Å². The molecule has 5 aliphatic carbocycles. The van der Waals surface area contributed by atoms with Gasteiger partial charge in [0, 0.05) is 156 Å². The molecule has 0 spiro atoms. The summed E-state index contributed by atoms with van der Waals surface area (Å²) < 4.78 is 2.15. The van der Waals surface area contributed by atoms with Crippen LogP contribution in [-0.2, 0) is 36.9 Å². The molecule has 3 aromatic carbocycles. The number of rotatable bonds is 6. The molecule has 4 N–H and O–H groups in total. The normalized spacial score (nSPS) is 18.1. The molecule has 0 fully saturated rings. The number of ketones is 4. The third-order valence-corrected chi connectivity index (χ3v) is 28.2. The summed E-state index contributed by atoms with van der Waals surface area (Å²) in [6, 6.07) is 49.8. The number of benzene rings is 3. The van der Waals surface area contributed by atoms with Crippen LogP contribution < -0.4 is 22.4 Å². The molecule has 0 bridgehead atoms. The zero-order valence-electron chi connectivity index (χ0n) is 62.4. The zero-order chi connectivity index (χ0) is 78.2. The Morgan fingerprint density at radius 2 is 0.820 bits per heavy atom. The SMILES string of the molecule is CC1(C)CC(=O)c2sc(-c3ccncc3)cc2C1(O)c1ccc(Cl)cc1.CC1(C)CCc2sc(-c3ccncc3)cc2C1(O)c1ccc(Cl)cc1.CC1(C)CCc2sc(-c3ccncc3)cc2C1=O.CC1(C)CCc2sc(Br)cc2C1=O.Clc1cc[c-]cc1.O=C1CCCc2sc(Br)cc21.OB(O)c1ccncc1.[Br-].[Mg+2]. The predicted octanol–water partition coefficient (Wildman–Crippen LogP) is 19.2. The maximum atomic E-state index is 12.8. The second-order valence-corrected chi connectivity index (χ2v) is 39.3.